The molecular weight excluding hydrogens is 228 g/mol. The maximum Gasteiger partial charge on any atom is 0.221 e. The van der Waals surface area contributed by atoms with Gasteiger partial charge in [0, 0.05) is 25.2 Å². The molecule has 1 amide bonds. The third-order valence-corrected chi connectivity index (χ3v) is 2.37. The van der Waals surface area contributed by atoms with Crippen LogP contribution in [-0.2, 0) is 4.79 Å². The number of hydrogen-bond donors (Lipinski definition) is 2. The number of carbonyl (C=O) groups excluding carboxylic acids is 1. The minimum absolute atomic E-state index is 0.00973. The standard InChI is InChI=1S/C13H18N4O/c1-3-7-15-12(18)6-8-16-13-11(9-14)5-4-10(2)17-13/h4-5H,3,6-8H2,1-2H3,(H,15,18)(H,16,17). The van der Waals surface area contributed by atoms with Gasteiger partial charge in [0.25, 0.3) is 0 Å². The number of nitriles is 1. The Morgan fingerprint density at radius 1 is 1.44 bits per heavy atom. The summed E-state index contributed by atoms with van der Waals surface area (Å²) >= 11 is 0. The zero-order chi connectivity index (χ0) is 13.4. The molecular formula is C13H18N4O. The Bertz CT molecular complexity index is 451. The van der Waals surface area contributed by atoms with Crippen molar-refractivity contribution >= 4 is 11.7 Å². The average Bonchev–Trinajstić information content (AvgIpc) is 2.36. The minimum atomic E-state index is 0.00973. The summed E-state index contributed by atoms with van der Waals surface area (Å²) in [6.07, 6.45) is 1.30. The molecule has 0 unspecified atom stereocenters. The third-order valence-electron chi connectivity index (χ3n) is 2.37. The van der Waals surface area contributed by atoms with E-state index in [1.54, 1.807) is 12.1 Å². The molecule has 0 atom stereocenters. The summed E-state index contributed by atoms with van der Waals surface area (Å²) in [7, 11) is 0. The molecule has 0 fully saturated rings. The highest BCUT2D eigenvalue weighted by molar-refractivity contribution is 5.76. The Balaban J connectivity index is 2.46. The molecule has 0 saturated heterocycles. The number of hydrogen-bond acceptors (Lipinski definition) is 4. The average molecular weight is 246 g/mol. The van der Waals surface area contributed by atoms with Gasteiger partial charge in [0.2, 0.25) is 5.91 Å². The molecule has 0 bridgehead atoms. The molecule has 18 heavy (non-hydrogen) atoms. The van der Waals surface area contributed by atoms with Gasteiger partial charge in [-0.2, -0.15) is 5.26 Å². The zero-order valence-electron chi connectivity index (χ0n) is 10.8. The number of pyridine rings is 1. The molecule has 0 saturated carbocycles. The van der Waals surface area contributed by atoms with Crippen LogP contribution in [0, 0.1) is 18.3 Å². The molecule has 1 heterocycles. The first kappa shape index (κ1) is 14.0. The van der Waals surface area contributed by atoms with Gasteiger partial charge in [0.1, 0.15) is 11.9 Å². The van der Waals surface area contributed by atoms with E-state index in [4.69, 9.17) is 5.26 Å². The molecule has 96 valence electrons. The maximum atomic E-state index is 11.4. The second-order valence-electron chi connectivity index (χ2n) is 3.99. The monoisotopic (exact) mass is 246 g/mol. The summed E-state index contributed by atoms with van der Waals surface area (Å²) < 4.78 is 0. The van der Waals surface area contributed by atoms with Gasteiger partial charge in [0.15, 0.2) is 0 Å². The van der Waals surface area contributed by atoms with Crippen molar-refractivity contribution < 1.29 is 4.79 Å². The molecule has 5 heteroatoms. The quantitative estimate of drug-likeness (QED) is 0.799. The molecule has 0 spiro atoms. The van der Waals surface area contributed by atoms with Crippen LogP contribution in [0.15, 0.2) is 12.1 Å². The van der Waals surface area contributed by atoms with E-state index >= 15 is 0 Å². The first-order valence-electron chi connectivity index (χ1n) is 6.05. The van der Waals surface area contributed by atoms with Gasteiger partial charge in [-0.1, -0.05) is 6.92 Å². The molecule has 5 nitrogen and oxygen atoms in total. The fourth-order valence-corrected chi connectivity index (χ4v) is 1.43. The Morgan fingerprint density at radius 2 is 2.22 bits per heavy atom. The van der Waals surface area contributed by atoms with Crippen LogP contribution in [0.2, 0.25) is 0 Å². The number of aryl methyl sites for hydroxylation is 1. The lowest BCUT2D eigenvalue weighted by Crippen LogP contribution is -2.26. The summed E-state index contributed by atoms with van der Waals surface area (Å²) in [5.74, 6) is 0.552. The van der Waals surface area contributed by atoms with Gasteiger partial charge in [-0.05, 0) is 25.5 Å². The fraction of sp³-hybridized carbons (Fsp3) is 0.462. The SMILES string of the molecule is CCCNC(=O)CCNc1nc(C)ccc1C#N. The van der Waals surface area contributed by atoms with E-state index < -0.39 is 0 Å². The fourth-order valence-electron chi connectivity index (χ4n) is 1.43. The van der Waals surface area contributed by atoms with Crippen molar-refractivity contribution in [1.82, 2.24) is 10.3 Å². The summed E-state index contributed by atoms with van der Waals surface area (Å²) in [5, 5.41) is 14.7. The number of carbonyl (C=O) groups is 1. The van der Waals surface area contributed by atoms with Crippen LogP contribution in [0.25, 0.3) is 0 Å². The Labute approximate surface area is 107 Å². The van der Waals surface area contributed by atoms with E-state index in [1.807, 2.05) is 13.8 Å². The number of rotatable bonds is 6. The molecule has 2 N–H and O–H groups in total. The van der Waals surface area contributed by atoms with Crippen molar-refractivity contribution in [3.8, 4) is 6.07 Å². The number of aromatic nitrogens is 1. The van der Waals surface area contributed by atoms with Gasteiger partial charge in [0.05, 0.1) is 5.56 Å². The first-order chi connectivity index (χ1) is 8.67. The smallest absolute Gasteiger partial charge is 0.221 e. The van der Waals surface area contributed by atoms with Crippen molar-refractivity contribution in [3.05, 3.63) is 23.4 Å². The van der Waals surface area contributed by atoms with E-state index in [-0.39, 0.29) is 5.91 Å². The van der Waals surface area contributed by atoms with Crippen LogP contribution in [0.3, 0.4) is 0 Å². The van der Waals surface area contributed by atoms with E-state index in [0.29, 0.717) is 30.9 Å². The minimum Gasteiger partial charge on any atom is -0.368 e. The predicted molar refractivity (Wildman–Crippen MR) is 70.1 cm³/mol. The summed E-state index contributed by atoms with van der Waals surface area (Å²) in [5.41, 5.74) is 1.33. The normalized spacial score (nSPS) is 9.61. The lowest BCUT2D eigenvalue weighted by molar-refractivity contribution is -0.120. The third kappa shape index (κ3) is 4.42. The van der Waals surface area contributed by atoms with Crippen LogP contribution in [-0.4, -0.2) is 24.0 Å². The number of anilines is 1. The van der Waals surface area contributed by atoms with Crippen molar-refractivity contribution in [1.29, 1.82) is 5.26 Å². The van der Waals surface area contributed by atoms with E-state index in [9.17, 15) is 4.79 Å². The van der Waals surface area contributed by atoms with Crippen molar-refractivity contribution in [2.45, 2.75) is 26.7 Å². The number of amides is 1. The van der Waals surface area contributed by atoms with Crippen molar-refractivity contribution in [3.63, 3.8) is 0 Å². The van der Waals surface area contributed by atoms with Crippen LogP contribution in [0.5, 0.6) is 0 Å². The first-order valence-corrected chi connectivity index (χ1v) is 6.05. The summed E-state index contributed by atoms with van der Waals surface area (Å²) in [6.45, 7) is 5.04. The van der Waals surface area contributed by atoms with Crippen LogP contribution < -0.4 is 10.6 Å². The van der Waals surface area contributed by atoms with Gasteiger partial charge < -0.3 is 10.6 Å². The Morgan fingerprint density at radius 3 is 2.89 bits per heavy atom. The molecule has 0 aromatic carbocycles. The molecule has 0 radical (unpaired) electrons. The number of nitrogens with zero attached hydrogens (tertiary/aromatic N) is 2. The molecule has 1 rings (SSSR count). The summed E-state index contributed by atoms with van der Waals surface area (Å²) in [6, 6.07) is 5.58. The Hall–Kier alpha value is -2.09. The largest absolute Gasteiger partial charge is 0.368 e. The molecule has 0 aliphatic heterocycles. The van der Waals surface area contributed by atoms with E-state index in [0.717, 1.165) is 12.1 Å². The number of nitrogens with one attached hydrogen (secondary N) is 2. The van der Waals surface area contributed by atoms with Crippen LogP contribution in [0.4, 0.5) is 5.82 Å². The van der Waals surface area contributed by atoms with Crippen LogP contribution in [0.1, 0.15) is 31.0 Å². The van der Waals surface area contributed by atoms with Gasteiger partial charge >= 0.3 is 0 Å². The lowest BCUT2D eigenvalue weighted by Gasteiger charge is -2.08. The second kappa shape index (κ2) is 7.28. The van der Waals surface area contributed by atoms with Crippen LogP contribution >= 0.6 is 0 Å². The van der Waals surface area contributed by atoms with Gasteiger partial charge in [-0.15, -0.1) is 0 Å². The zero-order valence-corrected chi connectivity index (χ0v) is 10.8. The van der Waals surface area contributed by atoms with E-state index in [2.05, 4.69) is 21.7 Å². The predicted octanol–water partition coefficient (Wildman–Crippen LogP) is 1.59. The molecule has 1 aromatic rings. The van der Waals surface area contributed by atoms with Gasteiger partial charge in [-0.3, -0.25) is 4.79 Å². The topological polar surface area (TPSA) is 77.8 Å². The van der Waals surface area contributed by atoms with Gasteiger partial charge in [-0.25, -0.2) is 4.98 Å². The highest BCUT2D eigenvalue weighted by Gasteiger charge is 2.05. The highest BCUT2D eigenvalue weighted by atomic mass is 16.1. The molecule has 0 aliphatic rings. The summed E-state index contributed by atoms with van der Waals surface area (Å²) in [4.78, 5) is 15.6. The Kier molecular flexibility index (Phi) is 5.65. The molecule has 0 aliphatic carbocycles. The highest BCUT2D eigenvalue weighted by Crippen LogP contribution is 2.11. The van der Waals surface area contributed by atoms with Crippen molar-refractivity contribution in [2.75, 3.05) is 18.4 Å². The van der Waals surface area contributed by atoms with E-state index in [1.165, 1.54) is 0 Å². The van der Waals surface area contributed by atoms with Crippen molar-refractivity contribution in [2.24, 2.45) is 0 Å². The lowest BCUT2D eigenvalue weighted by atomic mass is 10.2. The molecule has 1 aromatic heterocycles. The maximum absolute atomic E-state index is 11.4. The second-order valence-corrected chi connectivity index (χ2v) is 3.99.